The lowest BCUT2D eigenvalue weighted by Gasteiger charge is -2.29. The van der Waals surface area contributed by atoms with Gasteiger partial charge in [0, 0.05) is 32.1 Å². The van der Waals surface area contributed by atoms with Gasteiger partial charge in [-0.15, -0.1) is 0 Å². The van der Waals surface area contributed by atoms with Crippen LogP contribution in [0.25, 0.3) is 0 Å². The molecule has 0 unspecified atom stereocenters. The SMILES string of the molecule is c1nc(C2CCCCC2)ncc1N1CCNCC1. The molecular formula is C14H22N4. The molecule has 1 aliphatic heterocycles. The Morgan fingerprint density at radius 2 is 1.67 bits per heavy atom. The van der Waals surface area contributed by atoms with E-state index in [-0.39, 0.29) is 0 Å². The molecule has 0 atom stereocenters. The van der Waals surface area contributed by atoms with Crippen molar-refractivity contribution in [3.8, 4) is 0 Å². The fourth-order valence-corrected chi connectivity index (χ4v) is 2.99. The fourth-order valence-electron chi connectivity index (χ4n) is 2.99. The van der Waals surface area contributed by atoms with Crippen molar-refractivity contribution in [2.24, 2.45) is 0 Å². The van der Waals surface area contributed by atoms with E-state index in [1.807, 2.05) is 12.4 Å². The number of piperazine rings is 1. The summed E-state index contributed by atoms with van der Waals surface area (Å²) in [6.45, 7) is 4.24. The van der Waals surface area contributed by atoms with E-state index < -0.39 is 0 Å². The highest BCUT2D eigenvalue weighted by atomic mass is 15.2. The Morgan fingerprint density at radius 3 is 2.33 bits per heavy atom. The van der Waals surface area contributed by atoms with Crippen LogP contribution >= 0.6 is 0 Å². The Bertz CT molecular complexity index is 327. The number of hydrogen-bond acceptors (Lipinski definition) is 4. The fraction of sp³-hybridized carbons (Fsp3) is 0.714. The number of nitrogens with one attached hydrogen (secondary N) is 1. The van der Waals surface area contributed by atoms with Crippen LogP contribution in [0.4, 0.5) is 5.69 Å². The quantitative estimate of drug-likeness (QED) is 0.866. The van der Waals surface area contributed by atoms with Crippen molar-refractivity contribution in [1.82, 2.24) is 15.3 Å². The molecule has 2 heterocycles. The van der Waals surface area contributed by atoms with E-state index in [2.05, 4.69) is 20.2 Å². The molecule has 1 aliphatic carbocycles. The lowest BCUT2D eigenvalue weighted by molar-refractivity contribution is 0.428. The summed E-state index contributed by atoms with van der Waals surface area (Å²) in [5.41, 5.74) is 1.18. The molecule has 2 fully saturated rings. The summed E-state index contributed by atoms with van der Waals surface area (Å²) >= 11 is 0. The smallest absolute Gasteiger partial charge is 0.131 e. The van der Waals surface area contributed by atoms with E-state index in [9.17, 15) is 0 Å². The second-order valence-corrected chi connectivity index (χ2v) is 5.37. The molecule has 18 heavy (non-hydrogen) atoms. The zero-order valence-corrected chi connectivity index (χ0v) is 10.9. The molecule has 0 aromatic carbocycles. The molecule has 98 valence electrons. The standard InChI is InChI=1S/C14H22N4/c1-2-4-12(5-3-1)14-16-10-13(11-17-14)18-8-6-15-7-9-18/h10-12,15H,1-9H2. The summed E-state index contributed by atoms with van der Waals surface area (Å²) in [5.74, 6) is 1.67. The normalized spacial score (nSPS) is 22.1. The van der Waals surface area contributed by atoms with Gasteiger partial charge in [-0.25, -0.2) is 9.97 Å². The van der Waals surface area contributed by atoms with Crippen molar-refractivity contribution in [1.29, 1.82) is 0 Å². The Labute approximate surface area is 109 Å². The van der Waals surface area contributed by atoms with Gasteiger partial charge in [0.05, 0.1) is 18.1 Å². The van der Waals surface area contributed by atoms with Gasteiger partial charge in [-0.3, -0.25) is 0 Å². The van der Waals surface area contributed by atoms with E-state index in [4.69, 9.17) is 0 Å². The second-order valence-electron chi connectivity index (χ2n) is 5.37. The van der Waals surface area contributed by atoms with Gasteiger partial charge in [0.25, 0.3) is 0 Å². The molecular weight excluding hydrogens is 224 g/mol. The van der Waals surface area contributed by atoms with Crippen LogP contribution in [-0.2, 0) is 0 Å². The predicted octanol–water partition coefficient (Wildman–Crippen LogP) is 1.93. The van der Waals surface area contributed by atoms with Gasteiger partial charge in [0.15, 0.2) is 0 Å². The van der Waals surface area contributed by atoms with E-state index in [1.54, 1.807) is 0 Å². The molecule has 0 spiro atoms. The van der Waals surface area contributed by atoms with Gasteiger partial charge >= 0.3 is 0 Å². The Balaban J connectivity index is 1.67. The van der Waals surface area contributed by atoms with Crippen LogP contribution in [0.5, 0.6) is 0 Å². The van der Waals surface area contributed by atoms with Gasteiger partial charge in [-0.2, -0.15) is 0 Å². The summed E-state index contributed by atoms with van der Waals surface area (Å²) in [5, 5.41) is 3.37. The summed E-state index contributed by atoms with van der Waals surface area (Å²) in [7, 11) is 0. The van der Waals surface area contributed by atoms with Crippen LogP contribution in [0.3, 0.4) is 0 Å². The average molecular weight is 246 g/mol. The third kappa shape index (κ3) is 2.64. The highest BCUT2D eigenvalue weighted by Crippen LogP contribution is 2.30. The molecule has 0 amide bonds. The van der Waals surface area contributed by atoms with Crippen molar-refractivity contribution in [3.63, 3.8) is 0 Å². The molecule has 1 saturated heterocycles. The Hall–Kier alpha value is -1.16. The molecule has 0 bridgehead atoms. The first kappa shape index (κ1) is 11.9. The maximum absolute atomic E-state index is 4.60. The van der Waals surface area contributed by atoms with Crippen LogP contribution in [-0.4, -0.2) is 36.1 Å². The predicted molar refractivity (Wildman–Crippen MR) is 72.9 cm³/mol. The van der Waals surface area contributed by atoms with Gasteiger partial charge in [0.2, 0.25) is 0 Å². The maximum Gasteiger partial charge on any atom is 0.131 e. The highest BCUT2D eigenvalue weighted by molar-refractivity contribution is 5.42. The molecule has 1 saturated carbocycles. The minimum Gasteiger partial charge on any atom is -0.366 e. The Kier molecular flexibility index (Phi) is 3.74. The van der Waals surface area contributed by atoms with Crippen molar-refractivity contribution in [2.45, 2.75) is 38.0 Å². The third-order valence-corrected chi connectivity index (χ3v) is 4.11. The number of aromatic nitrogens is 2. The Morgan fingerprint density at radius 1 is 1.00 bits per heavy atom. The van der Waals surface area contributed by atoms with Gasteiger partial charge in [-0.1, -0.05) is 19.3 Å². The number of rotatable bonds is 2. The van der Waals surface area contributed by atoms with Crippen LogP contribution in [0, 0.1) is 0 Å². The molecule has 1 aromatic rings. The largest absolute Gasteiger partial charge is 0.366 e. The van der Waals surface area contributed by atoms with Gasteiger partial charge in [0.1, 0.15) is 5.82 Å². The summed E-state index contributed by atoms with van der Waals surface area (Å²) in [4.78, 5) is 11.6. The molecule has 1 N–H and O–H groups in total. The maximum atomic E-state index is 4.60. The lowest BCUT2D eigenvalue weighted by Crippen LogP contribution is -2.43. The van der Waals surface area contributed by atoms with Crippen LogP contribution in [0.2, 0.25) is 0 Å². The van der Waals surface area contributed by atoms with Crippen LogP contribution in [0.15, 0.2) is 12.4 Å². The van der Waals surface area contributed by atoms with E-state index in [0.29, 0.717) is 5.92 Å². The zero-order valence-electron chi connectivity index (χ0n) is 10.9. The minimum atomic E-state index is 0.607. The molecule has 4 nitrogen and oxygen atoms in total. The van der Waals surface area contributed by atoms with Gasteiger partial charge < -0.3 is 10.2 Å². The van der Waals surface area contributed by atoms with Crippen molar-refractivity contribution < 1.29 is 0 Å². The zero-order chi connectivity index (χ0) is 12.2. The summed E-state index contributed by atoms with van der Waals surface area (Å²) < 4.78 is 0. The van der Waals surface area contributed by atoms with Crippen molar-refractivity contribution in [3.05, 3.63) is 18.2 Å². The lowest BCUT2D eigenvalue weighted by atomic mass is 9.89. The molecule has 3 rings (SSSR count). The number of nitrogens with zero attached hydrogens (tertiary/aromatic N) is 3. The molecule has 1 aromatic heterocycles. The van der Waals surface area contributed by atoms with E-state index in [1.165, 1.54) is 37.8 Å². The van der Waals surface area contributed by atoms with E-state index >= 15 is 0 Å². The molecule has 4 heteroatoms. The monoisotopic (exact) mass is 246 g/mol. The van der Waals surface area contributed by atoms with Crippen LogP contribution in [0.1, 0.15) is 43.8 Å². The van der Waals surface area contributed by atoms with Crippen molar-refractivity contribution >= 4 is 5.69 Å². The van der Waals surface area contributed by atoms with Crippen molar-refractivity contribution in [2.75, 3.05) is 31.1 Å². The van der Waals surface area contributed by atoms with Gasteiger partial charge in [-0.05, 0) is 12.8 Å². The number of hydrogen-bond donors (Lipinski definition) is 1. The first-order valence-corrected chi connectivity index (χ1v) is 7.21. The second kappa shape index (κ2) is 5.65. The number of anilines is 1. The highest BCUT2D eigenvalue weighted by Gasteiger charge is 2.18. The third-order valence-electron chi connectivity index (χ3n) is 4.11. The first-order valence-electron chi connectivity index (χ1n) is 7.21. The first-order chi connectivity index (χ1) is 8.93. The summed E-state index contributed by atoms with van der Waals surface area (Å²) in [6.07, 6.45) is 10.6. The minimum absolute atomic E-state index is 0.607. The van der Waals surface area contributed by atoms with Crippen LogP contribution < -0.4 is 10.2 Å². The topological polar surface area (TPSA) is 41.1 Å². The van der Waals surface area contributed by atoms with E-state index in [0.717, 1.165) is 32.0 Å². The molecule has 0 radical (unpaired) electrons. The molecule has 2 aliphatic rings. The average Bonchev–Trinajstić information content (AvgIpc) is 2.49. The summed E-state index contributed by atoms with van der Waals surface area (Å²) in [6, 6.07) is 0.